The van der Waals surface area contributed by atoms with Gasteiger partial charge >= 0.3 is 5.97 Å². The number of aliphatic carboxylic acids is 1. The molecule has 1 N–H and O–H groups in total. The number of carbonyl (C=O) groups is 1. The second-order valence-corrected chi connectivity index (χ2v) is 5.74. The molecule has 0 radical (unpaired) electrons. The Morgan fingerprint density at radius 3 is 2.50 bits per heavy atom. The Hall–Kier alpha value is -1.65. The van der Waals surface area contributed by atoms with Crippen molar-refractivity contribution in [3.63, 3.8) is 0 Å². The molecular weight excluding hydrogens is 254 g/mol. The Morgan fingerprint density at radius 1 is 1.35 bits per heavy atom. The van der Waals surface area contributed by atoms with Crippen molar-refractivity contribution in [1.82, 2.24) is 9.97 Å². The Morgan fingerprint density at radius 2 is 2.00 bits per heavy atom. The second kappa shape index (κ2) is 5.77. The lowest BCUT2D eigenvalue weighted by molar-refractivity contribution is -0.150. The number of nitrogens with zero attached hydrogens (tertiary/aromatic N) is 3. The minimum atomic E-state index is -0.644. The van der Waals surface area contributed by atoms with Crippen LogP contribution in [0.5, 0.6) is 0 Å². The first-order valence-electron chi connectivity index (χ1n) is 7.27. The number of aryl methyl sites for hydroxylation is 2. The molecule has 0 aliphatic carbocycles. The SMILES string of the molecule is CCCC1(C(=O)O)CCN(c2cc(C)nc(C)n2)CC1. The van der Waals surface area contributed by atoms with Gasteiger partial charge in [0.15, 0.2) is 0 Å². The molecule has 1 aromatic rings. The molecule has 0 spiro atoms. The van der Waals surface area contributed by atoms with E-state index in [0.29, 0.717) is 12.8 Å². The van der Waals surface area contributed by atoms with Gasteiger partial charge in [-0.3, -0.25) is 4.79 Å². The summed E-state index contributed by atoms with van der Waals surface area (Å²) in [7, 11) is 0. The number of carboxylic acid groups (broad SMARTS) is 1. The molecule has 0 atom stereocenters. The predicted octanol–water partition coefficient (Wildman–Crippen LogP) is 2.56. The summed E-state index contributed by atoms with van der Waals surface area (Å²) in [5.41, 5.74) is 0.415. The Bertz CT molecular complexity index is 474. The van der Waals surface area contributed by atoms with Gasteiger partial charge in [-0.2, -0.15) is 0 Å². The van der Waals surface area contributed by atoms with Crippen LogP contribution in [0.4, 0.5) is 5.82 Å². The first-order chi connectivity index (χ1) is 9.47. The maximum absolute atomic E-state index is 11.6. The highest BCUT2D eigenvalue weighted by atomic mass is 16.4. The van der Waals surface area contributed by atoms with Crippen LogP contribution >= 0.6 is 0 Å². The van der Waals surface area contributed by atoms with E-state index in [1.54, 1.807) is 0 Å². The molecule has 20 heavy (non-hydrogen) atoms. The topological polar surface area (TPSA) is 66.3 Å². The third-order valence-electron chi connectivity index (χ3n) is 4.18. The lowest BCUT2D eigenvalue weighted by Crippen LogP contribution is -2.44. The number of anilines is 1. The van der Waals surface area contributed by atoms with Crippen molar-refractivity contribution in [3.05, 3.63) is 17.6 Å². The summed E-state index contributed by atoms with van der Waals surface area (Å²) in [5, 5.41) is 9.52. The Balaban J connectivity index is 2.12. The van der Waals surface area contributed by atoms with E-state index in [-0.39, 0.29) is 0 Å². The number of aromatic nitrogens is 2. The van der Waals surface area contributed by atoms with Gasteiger partial charge in [0.2, 0.25) is 0 Å². The highest BCUT2D eigenvalue weighted by molar-refractivity contribution is 5.75. The van der Waals surface area contributed by atoms with Crippen LogP contribution in [0.2, 0.25) is 0 Å². The van der Waals surface area contributed by atoms with Gasteiger partial charge in [-0.1, -0.05) is 13.3 Å². The largest absolute Gasteiger partial charge is 0.481 e. The van der Waals surface area contributed by atoms with Crippen LogP contribution in [0, 0.1) is 19.3 Å². The summed E-state index contributed by atoms with van der Waals surface area (Å²) in [5.74, 6) is 1.04. The maximum atomic E-state index is 11.6. The van der Waals surface area contributed by atoms with Crippen LogP contribution in [0.1, 0.15) is 44.1 Å². The molecule has 2 rings (SSSR count). The summed E-state index contributed by atoms with van der Waals surface area (Å²) in [6.45, 7) is 7.40. The molecule has 110 valence electrons. The molecule has 0 bridgehead atoms. The number of piperidine rings is 1. The van der Waals surface area contributed by atoms with Gasteiger partial charge in [0.1, 0.15) is 11.6 Å². The molecule has 5 nitrogen and oxygen atoms in total. The zero-order chi connectivity index (χ0) is 14.8. The van der Waals surface area contributed by atoms with Gasteiger partial charge in [0.05, 0.1) is 5.41 Å². The van der Waals surface area contributed by atoms with Crippen LogP contribution < -0.4 is 4.90 Å². The average Bonchev–Trinajstić information content (AvgIpc) is 2.38. The summed E-state index contributed by atoms with van der Waals surface area (Å²) in [6, 6.07) is 1.97. The molecule has 0 unspecified atom stereocenters. The van der Waals surface area contributed by atoms with Crippen molar-refractivity contribution in [2.75, 3.05) is 18.0 Å². The van der Waals surface area contributed by atoms with E-state index in [2.05, 4.69) is 14.9 Å². The molecule has 0 saturated carbocycles. The fourth-order valence-corrected chi connectivity index (χ4v) is 3.07. The smallest absolute Gasteiger partial charge is 0.309 e. The highest BCUT2D eigenvalue weighted by Gasteiger charge is 2.40. The van der Waals surface area contributed by atoms with Crippen LogP contribution in [-0.4, -0.2) is 34.1 Å². The first kappa shape index (κ1) is 14.8. The molecule has 1 aliphatic rings. The van der Waals surface area contributed by atoms with Crippen molar-refractivity contribution >= 4 is 11.8 Å². The van der Waals surface area contributed by atoms with E-state index in [1.165, 1.54) is 0 Å². The molecule has 0 amide bonds. The van der Waals surface area contributed by atoms with Crippen molar-refractivity contribution in [2.24, 2.45) is 5.41 Å². The summed E-state index contributed by atoms with van der Waals surface area (Å²) >= 11 is 0. The van der Waals surface area contributed by atoms with E-state index < -0.39 is 11.4 Å². The molecule has 1 saturated heterocycles. The average molecular weight is 277 g/mol. The van der Waals surface area contributed by atoms with E-state index >= 15 is 0 Å². The lowest BCUT2D eigenvalue weighted by Gasteiger charge is -2.39. The minimum absolute atomic E-state index is 0.539. The molecule has 2 heterocycles. The number of rotatable bonds is 4. The highest BCUT2D eigenvalue weighted by Crippen LogP contribution is 2.37. The van der Waals surface area contributed by atoms with E-state index in [4.69, 9.17) is 0 Å². The number of hydrogen-bond acceptors (Lipinski definition) is 4. The van der Waals surface area contributed by atoms with Crippen molar-refractivity contribution < 1.29 is 9.90 Å². The number of hydrogen-bond donors (Lipinski definition) is 1. The van der Waals surface area contributed by atoms with Crippen LogP contribution in [0.3, 0.4) is 0 Å². The Kier molecular flexibility index (Phi) is 4.26. The number of carboxylic acids is 1. The normalized spacial score (nSPS) is 18.1. The fourth-order valence-electron chi connectivity index (χ4n) is 3.07. The summed E-state index contributed by atoms with van der Waals surface area (Å²) < 4.78 is 0. The minimum Gasteiger partial charge on any atom is -0.481 e. The Labute approximate surface area is 120 Å². The quantitative estimate of drug-likeness (QED) is 0.916. The third kappa shape index (κ3) is 2.92. The summed E-state index contributed by atoms with van der Waals surface area (Å²) in [6.07, 6.45) is 3.06. The fraction of sp³-hybridized carbons (Fsp3) is 0.667. The van der Waals surface area contributed by atoms with E-state index in [9.17, 15) is 9.90 Å². The maximum Gasteiger partial charge on any atom is 0.309 e. The van der Waals surface area contributed by atoms with Crippen LogP contribution in [-0.2, 0) is 4.79 Å². The van der Waals surface area contributed by atoms with E-state index in [1.807, 2.05) is 26.8 Å². The van der Waals surface area contributed by atoms with Crippen LogP contribution in [0.25, 0.3) is 0 Å². The van der Waals surface area contributed by atoms with Gasteiger partial charge in [0, 0.05) is 24.8 Å². The van der Waals surface area contributed by atoms with Gasteiger partial charge in [-0.15, -0.1) is 0 Å². The third-order valence-corrected chi connectivity index (χ3v) is 4.18. The summed E-state index contributed by atoms with van der Waals surface area (Å²) in [4.78, 5) is 22.5. The zero-order valence-corrected chi connectivity index (χ0v) is 12.5. The first-order valence-corrected chi connectivity index (χ1v) is 7.27. The molecule has 0 aromatic carbocycles. The molecule has 5 heteroatoms. The molecular formula is C15H23N3O2. The molecule has 1 aliphatic heterocycles. The van der Waals surface area contributed by atoms with Gasteiger partial charge in [-0.05, 0) is 33.1 Å². The lowest BCUT2D eigenvalue weighted by atomic mass is 9.75. The van der Waals surface area contributed by atoms with Gasteiger partial charge in [0.25, 0.3) is 0 Å². The second-order valence-electron chi connectivity index (χ2n) is 5.74. The predicted molar refractivity (Wildman–Crippen MR) is 77.9 cm³/mol. The van der Waals surface area contributed by atoms with Crippen molar-refractivity contribution in [3.8, 4) is 0 Å². The van der Waals surface area contributed by atoms with Crippen LogP contribution in [0.15, 0.2) is 6.07 Å². The van der Waals surface area contributed by atoms with Gasteiger partial charge in [-0.25, -0.2) is 9.97 Å². The van der Waals surface area contributed by atoms with Crippen molar-refractivity contribution in [2.45, 2.75) is 46.5 Å². The monoisotopic (exact) mass is 277 g/mol. The van der Waals surface area contributed by atoms with E-state index in [0.717, 1.165) is 43.3 Å². The standard InChI is InChI=1S/C15H23N3O2/c1-4-5-15(14(19)20)6-8-18(9-7-15)13-10-11(2)16-12(3)17-13/h10H,4-9H2,1-3H3,(H,19,20). The van der Waals surface area contributed by atoms with Gasteiger partial charge < -0.3 is 10.0 Å². The molecule has 1 aromatic heterocycles. The van der Waals surface area contributed by atoms with Crippen molar-refractivity contribution in [1.29, 1.82) is 0 Å². The molecule has 1 fully saturated rings. The zero-order valence-electron chi connectivity index (χ0n) is 12.5.